The van der Waals surface area contributed by atoms with Crippen molar-refractivity contribution in [2.75, 3.05) is 12.8 Å². The van der Waals surface area contributed by atoms with Crippen LogP contribution in [0.25, 0.3) is 0 Å². The van der Waals surface area contributed by atoms with E-state index in [2.05, 4.69) is 0 Å². The molecule has 0 spiro atoms. The smallest absolute Gasteiger partial charge is 0.245 e. The van der Waals surface area contributed by atoms with Crippen LogP contribution in [0.1, 0.15) is 32.3 Å². The Balaban J connectivity index is 3.25. The van der Waals surface area contributed by atoms with Crippen molar-refractivity contribution < 1.29 is 8.42 Å². The van der Waals surface area contributed by atoms with Crippen molar-refractivity contribution >= 4 is 15.7 Å². The van der Waals surface area contributed by atoms with Gasteiger partial charge in [0.25, 0.3) is 0 Å². The summed E-state index contributed by atoms with van der Waals surface area (Å²) in [7, 11) is -2.06. The number of sulfonamides is 1. The highest BCUT2D eigenvalue weighted by Crippen LogP contribution is 2.25. The molecule has 19 heavy (non-hydrogen) atoms. The van der Waals surface area contributed by atoms with Crippen molar-refractivity contribution in [3.05, 3.63) is 23.8 Å². The number of rotatable bonds is 5. The molecular formula is C13H19N3O2S. The lowest BCUT2D eigenvalue weighted by Gasteiger charge is -2.26. The maximum Gasteiger partial charge on any atom is 0.245 e. The molecule has 0 unspecified atom stereocenters. The summed E-state index contributed by atoms with van der Waals surface area (Å²) in [6, 6.07) is 6.11. The number of hydrogen-bond donors (Lipinski definition) is 1. The number of hydrogen-bond acceptors (Lipinski definition) is 4. The second-order valence-corrected chi connectivity index (χ2v) is 6.32. The first-order chi connectivity index (χ1) is 8.88. The second kappa shape index (κ2) is 6.04. The van der Waals surface area contributed by atoms with Gasteiger partial charge in [0.05, 0.1) is 17.3 Å². The topological polar surface area (TPSA) is 87.2 Å². The lowest BCUT2D eigenvalue weighted by Crippen LogP contribution is -2.36. The van der Waals surface area contributed by atoms with E-state index >= 15 is 0 Å². The first kappa shape index (κ1) is 15.5. The Morgan fingerprint density at radius 3 is 2.37 bits per heavy atom. The lowest BCUT2D eigenvalue weighted by molar-refractivity contribution is 0.350. The Bertz CT molecular complexity index is 586. The quantitative estimate of drug-likeness (QED) is 0.836. The molecule has 0 saturated heterocycles. The number of nitrogens with zero attached hydrogens (tertiary/aromatic N) is 2. The number of nitrogen functional groups attached to an aromatic ring is 1. The van der Waals surface area contributed by atoms with E-state index in [1.54, 1.807) is 7.05 Å². The van der Waals surface area contributed by atoms with E-state index in [1.165, 1.54) is 22.5 Å². The van der Waals surface area contributed by atoms with Gasteiger partial charge in [-0.25, -0.2) is 8.42 Å². The Morgan fingerprint density at radius 2 is 1.95 bits per heavy atom. The summed E-state index contributed by atoms with van der Waals surface area (Å²) in [5.41, 5.74) is 6.20. The van der Waals surface area contributed by atoms with Gasteiger partial charge in [0.15, 0.2) is 0 Å². The highest BCUT2D eigenvalue weighted by Gasteiger charge is 2.27. The standard InChI is InChI=1S/C13H19N3O2S/c1-4-11(5-2)16(3)19(17,18)13-7-6-10(9-14)8-12(13)15/h6-8,11H,4-5,15H2,1-3H3. The van der Waals surface area contributed by atoms with Crippen LogP contribution < -0.4 is 5.73 Å². The van der Waals surface area contributed by atoms with E-state index in [-0.39, 0.29) is 16.6 Å². The SMILES string of the molecule is CCC(CC)N(C)S(=O)(=O)c1ccc(C#N)cc1N. The first-order valence-corrected chi connectivity index (χ1v) is 7.60. The van der Waals surface area contributed by atoms with E-state index in [4.69, 9.17) is 11.0 Å². The van der Waals surface area contributed by atoms with Crippen molar-refractivity contribution in [2.24, 2.45) is 0 Å². The predicted octanol–water partition coefficient (Wildman–Crippen LogP) is 1.95. The minimum absolute atomic E-state index is 0.0555. The summed E-state index contributed by atoms with van der Waals surface area (Å²) in [5, 5.41) is 8.76. The molecule has 104 valence electrons. The van der Waals surface area contributed by atoms with Crippen LogP contribution in [0.4, 0.5) is 5.69 Å². The average molecular weight is 281 g/mol. The molecule has 0 saturated carbocycles. The number of anilines is 1. The van der Waals surface area contributed by atoms with Crippen LogP contribution in [0.5, 0.6) is 0 Å². The molecular weight excluding hydrogens is 262 g/mol. The molecule has 0 fully saturated rings. The number of nitriles is 1. The van der Waals surface area contributed by atoms with Gasteiger partial charge in [-0.15, -0.1) is 0 Å². The third-order valence-corrected chi connectivity index (χ3v) is 5.24. The molecule has 0 aliphatic rings. The largest absolute Gasteiger partial charge is 0.398 e. The molecule has 0 heterocycles. The van der Waals surface area contributed by atoms with Gasteiger partial charge in [-0.2, -0.15) is 9.57 Å². The first-order valence-electron chi connectivity index (χ1n) is 6.16. The van der Waals surface area contributed by atoms with E-state index < -0.39 is 10.0 Å². The predicted molar refractivity (Wildman–Crippen MR) is 74.9 cm³/mol. The Labute approximate surface area is 114 Å². The maximum atomic E-state index is 12.5. The highest BCUT2D eigenvalue weighted by molar-refractivity contribution is 7.89. The molecule has 0 aromatic heterocycles. The average Bonchev–Trinajstić information content (AvgIpc) is 2.39. The summed E-state index contributed by atoms with van der Waals surface area (Å²) in [6.45, 7) is 3.89. The van der Waals surface area contributed by atoms with Gasteiger partial charge < -0.3 is 5.73 Å². The molecule has 6 heteroatoms. The third kappa shape index (κ3) is 3.06. The normalized spacial score (nSPS) is 11.8. The molecule has 0 aliphatic carbocycles. The zero-order valence-electron chi connectivity index (χ0n) is 11.4. The fraction of sp³-hybridized carbons (Fsp3) is 0.462. The van der Waals surface area contributed by atoms with Crippen molar-refractivity contribution in [3.63, 3.8) is 0 Å². The van der Waals surface area contributed by atoms with Crippen LogP contribution in [-0.2, 0) is 10.0 Å². The summed E-state index contributed by atoms with van der Waals surface area (Å²) in [5.74, 6) is 0. The number of benzene rings is 1. The van der Waals surface area contributed by atoms with Crippen LogP contribution in [0.15, 0.2) is 23.1 Å². The monoisotopic (exact) mass is 281 g/mol. The zero-order valence-corrected chi connectivity index (χ0v) is 12.2. The zero-order chi connectivity index (χ0) is 14.6. The van der Waals surface area contributed by atoms with Gasteiger partial charge in [-0.05, 0) is 31.0 Å². The molecule has 1 aromatic carbocycles. The van der Waals surface area contributed by atoms with E-state index in [0.29, 0.717) is 5.56 Å². The van der Waals surface area contributed by atoms with E-state index in [1.807, 2.05) is 19.9 Å². The Hall–Kier alpha value is -1.58. The Kier molecular flexibility index (Phi) is 4.92. The van der Waals surface area contributed by atoms with Crippen LogP contribution in [0, 0.1) is 11.3 Å². The van der Waals surface area contributed by atoms with Crippen LogP contribution in [-0.4, -0.2) is 25.8 Å². The maximum absolute atomic E-state index is 12.5. The van der Waals surface area contributed by atoms with Gasteiger partial charge in [0, 0.05) is 13.1 Å². The van der Waals surface area contributed by atoms with Crippen molar-refractivity contribution in [1.82, 2.24) is 4.31 Å². The van der Waals surface area contributed by atoms with Gasteiger partial charge in [0.2, 0.25) is 10.0 Å². The minimum atomic E-state index is -3.62. The third-order valence-electron chi connectivity index (χ3n) is 3.25. The molecule has 5 nitrogen and oxygen atoms in total. The second-order valence-electron chi connectivity index (χ2n) is 4.36. The molecule has 0 bridgehead atoms. The van der Waals surface area contributed by atoms with Crippen molar-refractivity contribution in [2.45, 2.75) is 37.6 Å². The minimum Gasteiger partial charge on any atom is -0.398 e. The van der Waals surface area contributed by atoms with Crippen LogP contribution >= 0.6 is 0 Å². The highest BCUT2D eigenvalue weighted by atomic mass is 32.2. The molecule has 0 amide bonds. The van der Waals surface area contributed by atoms with Crippen molar-refractivity contribution in [3.8, 4) is 6.07 Å². The van der Waals surface area contributed by atoms with Crippen LogP contribution in [0.3, 0.4) is 0 Å². The summed E-state index contributed by atoms with van der Waals surface area (Å²) in [6.07, 6.45) is 1.48. The van der Waals surface area contributed by atoms with Crippen LogP contribution in [0.2, 0.25) is 0 Å². The van der Waals surface area contributed by atoms with Gasteiger partial charge in [-0.1, -0.05) is 13.8 Å². The summed E-state index contributed by atoms with van der Waals surface area (Å²) < 4.78 is 26.3. The molecule has 0 atom stereocenters. The molecule has 1 aromatic rings. The molecule has 0 radical (unpaired) electrons. The lowest BCUT2D eigenvalue weighted by atomic mass is 10.2. The Morgan fingerprint density at radius 1 is 1.37 bits per heavy atom. The van der Waals surface area contributed by atoms with E-state index in [0.717, 1.165) is 12.8 Å². The summed E-state index contributed by atoms with van der Waals surface area (Å²) >= 11 is 0. The molecule has 0 aliphatic heterocycles. The summed E-state index contributed by atoms with van der Waals surface area (Å²) in [4.78, 5) is 0.0564. The van der Waals surface area contributed by atoms with Crippen molar-refractivity contribution in [1.29, 1.82) is 5.26 Å². The van der Waals surface area contributed by atoms with E-state index in [9.17, 15) is 8.42 Å². The number of nitrogens with two attached hydrogens (primary N) is 1. The van der Waals surface area contributed by atoms with Gasteiger partial charge in [-0.3, -0.25) is 0 Å². The fourth-order valence-corrected chi connectivity index (χ4v) is 3.60. The molecule has 2 N–H and O–H groups in total. The molecule has 1 rings (SSSR count). The van der Waals surface area contributed by atoms with Gasteiger partial charge >= 0.3 is 0 Å². The van der Waals surface area contributed by atoms with Gasteiger partial charge in [0.1, 0.15) is 4.90 Å². The fourth-order valence-electron chi connectivity index (χ4n) is 2.01.